The monoisotopic (exact) mass is 264 g/mol. The third-order valence-corrected chi connectivity index (χ3v) is 2.87. The highest BCUT2D eigenvalue weighted by Crippen LogP contribution is 2.17. The predicted molar refractivity (Wildman–Crippen MR) is 49.2 cm³/mol. The first-order chi connectivity index (χ1) is 5.16. The molecule has 11 heavy (non-hydrogen) atoms. The number of benzene rings is 1. The summed E-state index contributed by atoms with van der Waals surface area (Å²) >= 11 is 1.96. The van der Waals surface area contributed by atoms with Crippen molar-refractivity contribution in [3.05, 3.63) is 32.6 Å². The second-order valence-electron chi connectivity index (χ2n) is 2.21. The van der Waals surface area contributed by atoms with Gasteiger partial charge in [0.25, 0.3) is 0 Å². The van der Waals surface area contributed by atoms with Gasteiger partial charge in [-0.05, 0) is 41.1 Å². The first-order valence-corrected chi connectivity index (χ1v) is 4.14. The average Bonchev–Trinajstić information content (AvgIpc) is 1.99. The Morgan fingerprint density at radius 2 is 2.18 bits per heavy atom. The number of aldehydes is 1. The van der Waals surface area contributed by atoms with E-state index in [1.165, 1.54) is 6.07 Å². The standard InChI is InChI=1S/C8H6FIO/c1-5-2-3-7(9)6(4-11)8(5)10/h2-4H,1H3. The van der Waals surface area contributed by atoms with Gasteiger partial charge >= 0.3 is 0 Å². The van der Waals surface area contributed by atoms with E-state index in [9.17, 15) is 9.18 Å². The van der Waals surface area contributed by atoms with Crippen LogP contribution in [0.3, 0.4) is 0 Å². The molecule has 0 aliphatic heterocycles. The summed E-state index contributed by atoms with van der Waals surface area (Å²) in [7, 11) is 0. The highest BCUT2D eigenvalue weighted by atomic mass is 127. The number of hydrogen-bond donors (Lipinski definition) is 0. The van der Waals surface area contributed by atoms with Crippen molar-refractivity contribution in [2.75, 3.05) is 0 Å². The number of halogens is 2. The van der Waals surface area contributed by atoms with Crippen LogP contribution in [0.25, 0.3) is 0 Å². The molecule has 0 saturated heterocycles. The van der Waals surface area contributed by atoms with Crippen LogP contribution < -0.4 is 0 Å². The molecule has 1 rings (SSSR count). The van der Waals surface area contributed by atoms with Crippen LogP contribution >= 0.6 is 22.6 Å². The van der Waals surface area contributed by atoms with Crippen LogP contribution in [0, 0.1) is 16.3 Å². The van der Waals surface area contributed by atoms with Crippen LogP contribution in [0.4, 0.5) is 4.39 Å². The zero-order valence-electron chi connectivity index (χ0n) is 5.90. The van der Waals surface area contributed by atoms with Crippen molar-refractivity contribution in [3.63, 3.8) is 0 Å². The predicted octanol–water partition coefficient (Wildman–Crippen LogP) is 2.55. The first-order valence-electron chi connectivity index (χ1n) is 3.06. The molecule has 0 amide bonds. The van der Waals surface area contributed by atoms with Gasteiger partial charge < -0.3 is 0 Å². The molecule has 0 saturated carbocycles. The number of carbonyl (C=O) groups is 1. The largest absolute Gasteiger partial charge is 0.298 e. The Morgan fingerprint density at radius 1 is 1.55 bits per heavy atom. The molecule has 1 aromatic rings. The topological polar surface area (TPSA) is 17.1 Å². The number of aryl methyl sites for hydroxylation is 1. The Hall–Kier alpha value is -0.450. The lowest BCUT2D eigenvalue weighted by molar-refractivity contribution is 0.111. The minimum Gasteiger partial charge on any atom is -0.298 e. The Kier molecular flexibility index (Phi) is 2.59. The second-order valence-corrected chi connectivity index (χ2v) is 3.29. The molecule has 1 nitrogen and oxygen atoms in total. The fourth-order valence-corrected chi connectivity index (χ4v) is 1.35. The fourth-order valence-electron chi connectivity index (χ4n) is 0.786. The van der Waals surface area contributed by atoms with E-state index in [1.54, 1.807) is 6.07 Å². The molecular weight excluding hydrogens is 258 g/mol. The van der Waals surface area contributed by atoms with Crippen molar-refractivity contribution in [2.24, 2.45) is 0 Å². The molecule has 3 heteroatoms. The summed E-state index contributed by atoms with van der Waals surface area (Å²) in [5, 5.41) is 0. The van der Waals surface area contributed by atoms with E-state index in [1.807, 2.05) is 29.5 Å². The van der Waals surface area contributed by atoms with E-state index in [4.69, 9.17) is 0 Å². The van der Waals surface area contributed by atoms with Gasteiger partial charge in [0.2, 0.25) is 0 Å². The normalized spacial score (nSPS) is 9.73. The van der Waals surface area contributed by atoms with Gasteiger partial charge in [-0.3, -0.25) is 4.79 Å². The lowest BCUT2D eigenvalue weighted by Gasteiger charge is -2.00. The second kappa shape index (κ2) is 3.30. The summed E-state index contributed by atoms with van der Waals surface area (Å²) in [5.74, 6) is -0.449. The van der Waals surface area contributed by atoms with E-state index in [0.29, 0.717) is 9.86 Å². The molecule has 0 spiro atoms. The van der Waals surface area contributed by atoms with Crippen LogP contribution in [-0.2, 0) is 0 Å². The summed E-state index contributed by atoms with van der Waals surface area (Å²) in [5.41, 5.74) is 1.08. The van der Waals surface area contributed by atoms with Crippen molar-refractivity contribution in [1.29, 1.82) is 0 Å². The van der Waals surface area contributed by atoms with Crippen molar-refractivity contribution < 1.29 is 9.18 Å². The smallest absolute Gasteiger partial charge is 0.154 e. The molecular formula is C8H6FIO. The zero-order chi connectivity index (χ0) is 8.43. The Morgan fingerprint density at radius 3 is 2.64 bits per heavy atom. The summed E-state index contributed by atoms with van der Waals surface area (Å²) in [4.78, 5) is 10.4. The third-order valence-electron chi connectivity index (χ3n) is 1.44. The van der Waals surface area contributed by atoms with E-state index < -0.39 is 5.82 Å². The minimum atomic E-state index is -0.449. The van der Waals surface area contributed by atoms with E-state index in [-0.39, 0.29) is 5.56 Å². The molecule has 0 bridgehead atoms. The van der Waals surface area contributed by atoms with Crippen LogP contribution in [0.5, 0.6) is 0 Å². The lowest BCUT2D eigenvalue weighted by atomic mass is 10.1. The molecule has 0 N–H and O–H groups in total. The van der Waals surface area contributed by atoms with Gasteiger partial charge in [-0.25, -0.2) is 4.39 Å². The average molecular weight is 264 g/mol. The van der Waals surface area contributed by atoms with Crippen LogP contribution in [0.15, 0.2) is 12.1 Å². The van der Waals surface area contributed by atoms with Crippen molar-refractivity contribution in [2.45, 2.75) is 6.92 Å². The van der Waals surface area contributed by atoms with Crippen molar-refractivity contribution in [1.82, 2.24) is 0 Å². The van der Waals surface area contributed by atoms with Gasteiger partial charge in [0.15, 0.2) is 6.29 Å². The number of hydrogen-bond acceptors (Lipinski definition) is 1. The zero-order valence-corrected chi connectivity index (χ0v) is 8.05. The van der Waals surface area contributed by atoms with Gasteiger partial charge in [-0.15, -0.1) is 0 Å². The highest BCUT2D eigenvalue weighted by molar-refractivity contribution is 14.1. The SMILES string of the molecule is Cc1ccc(F)c(C=O)c1I. The maximum absolute atomic E-state index is 12.8. The molecule has 0 aromatic heterocycles. The molecule has 1 aromatic carbocycles. The Bertz CT molecular complexity index is 296. The maximum atomic E-state index is 12.8. The van der Waals surface area contributed by atoms with Gasteiger partial charge in [0.1, 0.15) is 5.82 Å². The molecule has 0 heterocycles. The molecule has 0 unspecified atom stereocenters. The maximum Gasteiger partial charge on any atom is 0.154 e. The summed E-state index contributed by atoms with van der Waals surface area (Å²) in [6, 6.07) is 2.96. The van der Waals surface area contributed by atoms with Gasteiger partial charge in [0.05, 0.1) is 5.56 Å². The summed E-state index contributed by atoms with van der Waals surface area (Å²) in [6.45, 7) is 1.84. The van der Waals surface area contributed by atoms with E-state index in [0.717, 1.165) is 5.56 Å². The van der Waals surface area contributed by atoms with Crippen molar-refractivity contribution >= 4 is 28.9 Å². The quantitative estimate of drug-likeness (QED) is 0.562. The highest BCUT2D eigenvalue weighted by Gasteiger charge is 2.06. The van der Waals surface area contributed by atoms with Crippen LogP contribution in [0.2, 0.25) is 0 Å². The molecule has 0 fully saturated rings. The molecule has 58 valence electrons. The van der Waals surface area contributed by atoms with Crippen molar-refractivity contribution in [3.8, 4) is 0 Å². The van der Waals surface area contributed by atoms with Gasteiger partial charge in [-0.1, -0.05) is 6.07 Å². The molecule has 0 aliphatic rings. The van der Waals surface area contributed by atoms with Crippen LogP contribution in [0.1, 0.15) is 15.9 Å². The number of rotatable bonds is 1. The molecule has 0 aliphatic carbocycles. The Balaban J connectivity index is 3.40. The van der Waals surface area contributed by atoms with E-state index in [2.05, 4.69) is 0 Å². The minimum absolute atomic E-state index is 0.158. The Labute approximate surface area is 77.8 Å². The van der Waals surface area contributed by atoms with Gasteiger partial charge in [0, 0.05) is 3.57 Å². The third kappa shape index (κ3) is 1.58. The molecule has 0 radical (unpaired) electrons. The van der Waals surface area contributed by atoms with Crippen LogP contribution in [-0.4, -0.2) is 6.29 Å². The van der Waals surface area contributed by atoms with Gasteiger partial charge in [-0.2, -0.15) is 0 Å². The fraction of sp³-hybridized carbons (Fsp3) is 0.125. The molecule has 0 atom stereocenters. The summed E-state index contributed by atoms with van der Waals surface area (Å²) in [6.07, 6.45) is 0.546. The number of carbonyl (C=O) groups excluding carboxylic acids is 1. The summed E-state index contributed by atoms with van der Waals surface area (Å²) < 4.78 is 13.5. The van der Waals surface area contributed by atoms with E-state index >= 15 is 0 Å². The lowest BCUT2D eigenvalue weighted by Crippen LogP contribution is -1.94. The first kappa shape index (κ1) is 8.64.